The molecule has 2 saturated heterocycles. The molecule has 0 aromatic rings. The van der Waals surface area contributed by atoms with E-state index in [0.717, 1.165) is 51.4 Å². The molecule has 2 heterocycles. The molecule has 0 unspecified atom stereocenters. The first-order valence-electron chi connectivity index (χ1n) is 17.9. The SMILES string of the molecule is CC[C@H](OC)[C@@H](C)[C@H]1O[C@]1(C)C[C@H](C)/C=C/C=C(\C)[C@H]1O[C@@H](CNC(=O)C2CCC(COC(=O)N(CC)CC)CC2)CC[C@@H]1C. The monoisotopic (exact) mass is 632 g/mol. The van der Waals surface area contributed by atoms with Gasteiger partial charge in [0.1, 0.15) is 0 Å². The Morgan fingerprint density at radius 2 is 1.76 bits per heavy atom. The molecule has 2 aliphatic heterocycles. The fourth-order valence-electron chi connectivity index (χ4n) is 7.66. The first kappa shape index (κ1) is 37.6. The Morgan fingerprint density at radius 3 is 2.38 bits per heavy atom. The zero-order valence-corrected chi connectivity index (χ0v) is 29.8. The van der Waals surface area contributed by atoms with Gasteiger partial charge in [-0.3, -0.25) is 4.79 Å². The van der Waals surface area contributed by atoms with Crippen molar-refractivity contribution in [2.45, 2.75) is 137 Å². The number of allylic oxidation sites excluding steroid dienone is 3. The highest BCUT2D eigenvalue weighted by molar-refractivity contribution is 5.78. The number of hydrogen-bond donors (Lipinski definition) is 1. The van der Waals surface area contributed by atoms with E-state index >= 15 is 0 Å². The first-order valence-corrected chi connectivity index (χ1v) is 17.9. The average molecular weight is 633 g/mol. The molecular weight excluding hydrogens is 568 g/mol. The summed E-state index contributed by atoms with van der Waals surface area (Å²) in [6, 6.07) is 0. The second-order valence-electron chi connectivity index (χ2n) is 14.3. The van der Waals surface area contributed by atoms with Gasteiger partial charge in [0.2, 0.25) is 5.91 Å². The summed E-state index contributed by atoms with van der Waals surface area (Å²) in [5, 5.41) is 3.19. The molecule has 3 fully saturated rings. The van der Waals surface area contributed by atoms with Gasteiger partial charge in [-0.2, -0.15) is 0 Å². The highest BCUT2D eigenvalue weighted by Gasteiger charge is 2.56. The molecule has 8 nitrogen and oxygen atoms in total. The Labute approximate surface area is 274 Å². The second kappa shape index (κ2) is 17.9. The summed E-state index contributed by atoms with van der Waals surface area (Å²) >= 11 is 0. The summed E-state index contributed by atoms with van der Waals surface area (Å²) in [6.07, 6.45) is 14.6. The van der Waals surface area contributed by atoms with Crippen LogP contribution in [0.15, 0.2) is 23.8 Å². The van der Waals surface area contributed by atoms with Gasteiger partial charge in [-0.15, -0.1) is 0 Å². The van der Waals surface area contributed by atoms with Crippen LogP contribution < -0.4 is 5.32 Å². The van der Waals surface area contributed by atoms with Crippen LogP contribution in [-0.2, 0) is 23.7 Å². The highest BCUT2D eigenvalue weighted by Crippen LogP contribution is 2.47. The zero-order chi connectivity index (χ0) is 33.1. The quantitative estimate of drug-likeness (QED) is 0.142. The molecule has 0 bridgehead atoms. The maximum atomic E-state index is 13.0. The van der Waals surface area contributed by atoms with Crippen molar-refractivity contribution in [2.75, 3.05) is 33.4 Å². The van der Waals surface area contributed by atoms with Crippen molar-refractivity contribution in [3.05, 3.63) is 23.8 Å². The number of amides is 2. The molecule has 3 rings (SSSR count). The van der Waals surface area contributed by atoms with Crippen molar-refractivity contribution in [3.63, 3.8) is 0 Å². The van der Waals surface area contributed by atoms with Gasteiger partial charge in [-0.05, 0) is 102 Å². The minimum absolute atomic E-state index is 0.0293. The van der Waals surface area contributed by atoms with Crippen LogP contribution in [0.3, 0.4) is 0 Å². The van der Waals surface area contributed by atoms with E-state index in [1.807, 2.05) is 13.8 Å². The predicted molar refractivity (Wildman–Crippen MR) is 180 cm³/mol. The lowest BCUT2D eigenvalue weighted by Gasteiger charge is -2.36. The molecule has 8 atom stereocenters. The normalized spacial score (nSPS) is 32.5. The number of rotatable bonds is 16. The van der Waals surface area contributed by atoms with Gasteiger partial charge in [-0.1, -0.05) is 45.9 Å². The molecule has 0 aromatic heterocycles. The van der Waals surface area contributed by atoms with E-state index in [1.54, 1.807) is 12.0 Å². The fourth-order valence-corrected chi connectivity index (χ4v) is 7.66. The molecule has 45 heavy (non-hydrogen) atoms. The van der Waals surface area contributed by atoms with E-state index in [0.29, 0.717) is 49.9 Å². The molecule has 0 radical (unpaired) electrons. The van der Waals surface area contributed by atoms with Crippen LogP contribution in [0.1, 0.15) is 107 Å². The van der Waals surface area contributed by atoms with Gasteiger partial charge < -0.3 is 29.2 Å². The third-order valence-corrected chi connectivity index (χ3v) is 10.7. The molecule has 8 heteroatoms. The van der Waals surface area contributed by atoms with Crippen molar-refractivity contribution in [1.29, 1.82) is 0 Å². The summed E-state index contributed by atoms with van der Waals surface area (Å²) in [7, 11) is 1.80. The maximum absolute atomic E-state index is 13.0. The van der Waals surface area contributed by atoms with E-state index in [-0.39, 0.29) is 47.9 Å². The Bertz CT molecular complexity index is 983. The van der Waals surface area contributed by atoms with E-state index in [9.17, 15) is 9.59 Å². The molecule has 3 aliphatic rings. The van der Waals surface area contributed by atoms with E-state index in [4.69, 9.17) is 18.9 Å². The molecule has 1 aliphatic carbocycles. The number of hydrogen-bond acceptors (Lipinski definition) is 6. The van der Waals surface area contributed by atoms with E-state index in [2.05, 4.69) is 65.1 Å². The summed E-state index contributed by atoms with van der Waals surface area (Å²) in [5.74, 6) is 1.74. The number of epoxide rings is 1. The Kier molecular flexibility index (Phi) is 14.9. The minimum atomic E-state index is -0.236. The minimum Gasteiger partial charge on any atom is -0.449 e. The molecule has 258 valence electrons. The molecular formula is C37H64N2O6. The Balaban J connectivity index is 1.39. The van der Waals surface area contributed by atoms with Crippen LogP contribution in [0.5, 0.6) is 0 Å². The van der Waals surface area contributed by atoms with E-state index < -0.39 is 0 Å². The predicted octanol–water partition coefficient (Wildman–Crippen LogP) is 7.32. The van der Waals surface area contributed by atoms with Crippen molar-refractivity contribution in [1.82, 2.24) is 10.2 Å². The smallest absolute Gasteiger partial charge is 0.409 e. The standard InChI is InChI=1S/C37H64N2O6/c1-10-32(42-9)28(7)34-37(8,45-34)22-25(4)14-13-15-26(5)33-27(6)16-21-31(44-33)23-38-35(40)30-19-17-29(18-20-30)24-43-36(41)39(11-2)12-3/h13-15,25,27-34H,10-12,16-24H2,1-9H3,(H,38,40)/b14-13+,26-15+/t25-,27+,28-,29?,30?,31-,32+,33-,34-,37-/m1/s1. The average Bonchev–Trinajstić information content (AvgIpc) is 3.70. The molecule has 0 aromatic carbocycles. The van der Waals surface area contributed by atoms with Gasteiger partial charge in [0.05, 0.1) is 36.6 Å². The van der Waals surface area contributed by atoms with Crippen molar-refractivity contribution >= 4 is 12.0 Å². The molecule has 1 N–H and O–H groups in total. The molecule has 1 saturated carbocycles. The second-order valence-corrected chi connectivity index (χ2v) is 14.3. The lowest BCUT2D eigenvalue weighted by Crippen LogP contribution is -2.43. The number of carbonyl (C=O) groups is 2. The largest absolute Gasteiger partial charge is 0.449 e. The van der Waals surface area contributed by atoms with Crippen molar-refractivity contribution in [2.24, 2.45) is 29.6 Å². The number of nitrogens with one attached hydrogen (secondary N) is 1. The zero-order valence-electron chi connectivity index (χ0n) is 29.8. The summed E-state index contributed by atoms with van der Waals surface area (Å²) in [5.41, 5.74) is 1.15. The first-order chi connectivity index (χ1) is 21.5. The van der Waals surface area contributed by atoms with E-state index in [1.165, 1.54) is 5.57 Å². The highest BCUT2D eigenvalue weighted by atomic mass is 16.6. The van der Waals surface area contributed by atoms with Crippen LogP contribution in [0, 0.1) is 29.6 Å². The fraction of sp³-hybridized carbons (Fsp3) is 0.838. The van der Waals surface area contributed by atoms with Gasteiger partial charge in [0, 0.05) is 38.6 Å². The van der Waals surface area contributed by atoms with Gasteiger partial charge in [-0.25, -0.2) is 4.79 Å². The number of nitrogens with zero attached hydrogens (tertiary/aromatic N) is 1. The summed E-state index contributed by atoms with van der Waals surface area (Å²) in [6.45, 7) is 19.6. The summed E-state index contributed by atoms with van der Waals surface area (Å²) in [4.78, 5) is 26.8. The number of methoxy groups -OCH3 is 1. The number of ether oxygens (including phenoxy) is 4. The van der Waals surface area contributed by atoms with Gasteiger partial charge in [0.25, 0.3) is 0 Å². The van der Waals surface area contributed by atoms with Crippen LogP contribution in [-0.4, -0.2) is 80.3 Å². The maximum Gasteiger partial charge on any atom is 0.409 e. The van der Waals surface area contributed by atoms with Gasteiger partial charge >= 0.3 is 6.09 Å². The molecule has 0 spiro atoms. The third-order valence-electron chi connectivity index (χ3n) is 10.7. The van der Waals surface area contributed by atoms with Crippen molar-refractivity contribution < 1.29 is 28.5 Å². The summed E-state index contributed by atoms with van der Waals surface area (Å²) < 4.78 is 23.9. The van der Waals surface area contributed by atoms with Crippen LogP contribution >= 0.6 is 0 Å². The number of carbonyl (C=O) groups excluding carboxylic acids is 2. The lowest BCUT2D eigenvalue weighted by atomic mass is 9.82. The molecule has 2 amide bonds. The third kappa shape index (κ3) is 10.8. The van der Waals surface area contributed by atoms with Crippen LogP contribution in [0.25, 0.3) is 0 Å². The van der Waals surface area contributed by atoms with Crippen LogP contribution in [0.4, 0.5) is 4.79 Å². The van der Waals surface area contributed by atoms with Crippen LogP contribution in [0.2, 0.25) is 0 Å². The Morgan fingerprint density at radius 1 is 1.07 bits per heavy atom. The lowest BCUT2D eigenvalue weighted by molar-refractivity contribution is -0.128. The Hall–Kier alpha value is -1.90. The van der Waals surface area contributed by atoms with Gasteiger partial charge in [0.15, 0.2) is 0 Å². The topological polar surface area (TPSA) is 89.6 Å². The van der Waals surface area contributed by atoms with Crippen molar-refractivity contribution in [3.8, 4) is 0 Å².